The Bertz CT molecular complexity index is 760. The fourth-order valence-corrected chi connectivity index (χ4v) is 4.14. The summed E-state index contributed by atoms with van der Waals surface area (Å²) in [5.41, 5.74) is 0.531. The molecule has 0 bridgehead atoms. The maximum absolute atomic E-state index is 13.2. The quantitative estimate of drug-likeness (QED) is 0.823. The van der Waals surface area contributed by atoms with Gasteiger partial charge in [0, 0.05) is 11.5 Å². The van der Waals surface area contributed by atoms with E-state index in [4.69, 9.17) is 11.6 Å². The highest BCUT2D eigenvalue weighted by atomic mass is 79.9. The molecular formula is C13H11BrClFN2O2S. The number of anilines is 2. The van der Waals surface area contributed by atoms with Crippen LogP contribution in [0.1, 0.15) is 0 Å². The Kier molecular flexibility index (Phi) is 4.75. The summed E-state index contributed by atoms with van der Waals surface area (Å²) >= 11 is 8.98. The molecule has 0 atom stereocenters. The number of hydrogen-bond donors (Lipinski definition) is 2. The van der Waals surface area contributed by atoms with Gasteiger partial charge >= 0.3 is 0 Å². The van der Waals surface area contributed by atoms with E-state index in [-0.39, 0.29) is 20.1 Å². The lowest BCUT2D eigenvalue weighted by Crippen LogP contribution is -2.15. The SMILES string of the molecule is CNc1ccccc1S(=O)(=O)Nc1c(Cl)cc(F)cc1Br. The fraction of sp³-hybridized carbons (Fsp3) is 0.0769. The van der Waals surface area contributed by atoms with Crippen LogP contribution in [0.2, 0.25) is 5.02 Å². The summed E-state index contributed by atoms with van der Waals surface area (Å²) in [6.07, 6.45) is 0. The first kappa shape index (κ1) is 16.1. The first-order chi connectivity index (χ1) is 9.85. The Morgan fingerprint density at radius 1 is 1.24 bits per heavy atom. The van der Waals surface area contributed by atoms with Gasteiger partial charge in [0.05, 0.1) is 16.4 Å². The van der Waals surface area contributed by atoms with E-state index in [0.29, 0.717) is 5.69 Å². The first-order valence-corrected chi connectivity index (χ1v) is 8.44. The topological polar surface area (TPSA) is 58.2 Å². The molecule has 0 aliphatic heterocycles. The van der Waals surface area contributed by atoms with Crippen LogP contribution in [0.4, 0.5) is 15.8 Å². The van der Waals surface area contributed by atoms with E-state index in [1.807, 2.05) is 0 Å². The van der Waals surface area contributed by atoms with Gasteiger partial charge in [-0.25, -0.2) is 12.8 Å². The number of nitrogens with one attached hydrogen (secondary N) is 2. The predicted octanol–water partition coefficient (Wildman–Crippen LogP) is 4.08. The molecule has 0 radical (unpaired) electrons. The molecule has 8 heteroatoms. The van der Waals surface area contributed by atoms with Crippen molar-refractivity contribution in [3.63, 3.8) is 0 Å². The summed E-state index contributed by atoms with van der Waals surface area (Å²) < 4.78 is 40.7. The van der Waals surface area contributed by atoms with Crippen molar-refractivity contribution in [1.29, 1.82) is 0 Å². The molecule has 2 rings (SSSR count). The molecule has 0 aliphatic carbocycles. The Morgan fingerprint density at radius 2 is 1.90 bits per heavy atom. The average molecular weight is 394 g/mol. The maximum atomic E-state index is 13.2. The van der Waals surface area contributed by atoms with Crippen LogP contribution >= 0.6 is 27.5 Å². The number of rotatable bonds is 4. The van der Waals surface area contributed by atoms with Crippen LogP contribution in [0, 0.1) is 5.82 Å². The largest absolute Gasteiger partial charge is 0.387 e. The average Bonchev–Trinajstić information content (AvgIpc) is 2.43. The van der Waals surface area contributed by atoms with Crippen LogP contribution in [-0.2, 0) is 10.0 Å². The third-order valence-electron chi connectivity index (χ3n) is 2.69. The molecular weight excluding hydrogens is 383 g/mol. The molecule has 2 aromatic rings. The van der Waals surface area contributed by atoms with Gasteiger partial charge in [0.15, 0.2) is 0 Å². The van der Waals surface area contributed by atoms with Crippen molar-refractivity contribution in [2.45, 2.75) is 4.90 Å². The Morgan fingerprint density at radius 3 is 2.52 bits per heavy atom. The summed E-state index contributed by atoms with van der Waals surface area (Å²) in [7, 11) is -2.24. The normalized spacial score (nSPS) is 11.2. The highest BCUT2D eigenvalue weighted by molar-refractivity contribution is 9.10. The zero-order valence-electron chi connectivity index (χ0n) is 10.8. The summed E-state index contributed by atoms with van der Waals surface area (Å²) in [6, 6.07) is 8.58. The highest BCUT2D eigenvalue weighted by Crippen LogP contribution is 2.34. The molecule has 0 saturated carbocycles. The molecule has 21 heavy (non-hydrogen) atoms. The summed E-state index contributed by atoms with van der Waals surface area (Å²) in [6.45, 7) is 0. The minimum Gasteiger partial charge on any atom is -0.387 e. The molecule has 0 amide bonds. The summed E-state index contributed by atoms with van der Waals surface area (Å²) in [5, 5.41) is 2.77. The van der Waals surface area contributed by atoms with E-state index in [0.717, 1.165) is 12.1 Å². The minimum absolute atomic E-state index is 0.0348. The summed E-state index contributed by atoms with van der Waals surface area (Å²) in [4.78, 5) is 0.0693. The van der Waals surface area contributed by atoms with Gasteiger partial charge in [0.2, 0.25) is 0 Å². The van der Waals surface area contributed by atoms with E-state index in [2.05, 4.69) is 26.0 Å². The smallest absolute Gasteiger partial charge is 0.264 e. The first-order valence-electron chi connectivity index (χ1n) is 5.79. The van der Waals surface area contributed by atoms with Gasteiger partial charge in [-0.05, 0) is 40.2 Å². The Balaban J connectivity index is 2.48. The van der Waals surface area contributed by atoms with Crippen LogP contribution in [0.15, 0.2) is 45.8 Å². The van der Waals surface area contributed by atoms with Gasteiger partial charge in [-0.1, -0.05) is 23.7 Å². The van der Waals surface area contributed by atoms with E-state index in [1.54, 1.807) is 25.2 Å². The third kappa shape index (κ3) is 3.48. The molecule has 0 unspecified atom stereocenters. The zero-order valence-corrected chi connectivity index (χ0v) is 14.0. The second kappa shape index (κ2) is 6.21. The fourth-order valence-electron chi connectivity index (χ4n) is 1.74. The van der Waals surface area contributed by atoms with Gasteiger partial charge in [-0.15, -0.1) is 0 Å². The third-order valence-corrected chi connectivity index (χ3v) is 5.02. The molecule has 2 N–H and O–H groups in total. The van der Waals surface area contributed by atoms with Gasteiger partial charge < -0.3 is 5.32 Å². The number of hydrogen-bond acceptors (Lipinski definition) is 3. The maximum Gasteiger partial charge on any atom is 0.264 e. The summed E-state index contributed by atoms with van der Waals surface area (Å²) in [5.74, 6) is -0.564. The number of sulfonamides is 1. The molecule has 0 heterocycles. The highest BCUT2D eigenvalue weighted by Gasteiger charge is 2.21. The van der Waals surface area contributed by atoms with Crippen LogP contribution in [0.5, 0.6) is 0 Å². The van der Waals surface area contributed by atoms with Gasteiger partial charge in [0.1, 0.15) is 10.7 Å². The lowest BCUT2D eigenvalue weighted by molar-refractivity contribution is 0.601. The predicted molar refractivity (Wildman–Crippen MR) is 85.9 cm³/mol. The molecule has 2 aromatic carbocycles. The van der Waals surface area contributed by atoms with Crippen LogP contribution in [0.3, 0.4) is 0 Å². The monoisotopic (exact) mass is 392 g/mol. The van der Waals surface area contributed by atoms with Crippen molar-refractivity contribution < 1.29 is 12.8 Å². The van der Waals surface area contributed by atoms with E-state index in [9.17, 15) is 12.8 Å². The number of para-hydroxylation sites is 1. The van der Waals surface area contributed by atoms with Crippen LogP contribution < -0.4 is 10.0 Å². The Labute approximate surface area is 135 Å². The van der Waals surface area contributed by atoms with E-state index < -0.39 is 15.8 Å². The molecule has 0 fully saturated rings. The second-order valence-corrected chi connectivity index (χ2v) is 7.01. The van der Waals surface area contributed by atoms with Crippen molar-refractivity contribution in [3.8, 4) is 0 Å². The number of benzene rings is 2. The molecule has 112 valence electrons. The lowest BCUT2D eigenvalue weighted by atomic mass is 10.3. The van der Waals surface area contributed by atoms with Crippen molar-refractivity contribution in [3.05, 3.63) is 51.7 Å². The lowest BCUT2D eigenvalue weighted by Gasteiger charge is -2.14. The van der Waals surface area contributed by atoms with Crippen molar-refractivity contribution >= 4 is 48.9 Å². The minimum atomic E-state index is -3.86. The second-order valence-electron chi connectivity index (χ2n) is 4.10. The van der Waals surface area contributed by atoms with Crippen LogP contribution in [-0.4, -0.2) is 15.5 Å². The van der Waals surface area contributed by atoms with Crippen molar-refractivity contribution in [2.75, 3.05) is 17.1 Å². The standard InChI is InChI=1S/C13H11BrClFN2O2S/c1-17-11-4-2-3-5-12(11)21(19,20)18-13-9(14)6-8(16)7-10(13)15/h2-7,17-18H,1H3. The number of halogens is 3. The molecule has 0 spiro atoms. The molecule has 4 nitrogen and oxygen atoms in total. The van der Waals surface area contributed by atoms with E-state index in [1.165, 1.54) is 6.07 Å². The van der Waals surface area contributed by atoms with Gasteiger partial charge in [0.25, 0.3) is 10.0 Å². The van der Waals surface area contributed by atoms with Gasteiger partial charge in [-0.2, -0.15) is 0 Å². The zero-order chi connectivity index (χ0) is 15.6. The van der Waals surface area contributed by atoms with Crippen molar-refractivity contribution in [2.24, 2.45) is 0 Å². The van der Waals surface area contributed by atoms with Crippen molar-refractivity contribution in [1.82, 2.24) is 0 Å². The molecule has 0 aromatic heterocycles. The van der Waals surface area contributed by atoms with Crippen LogP contribution in [0.25, 0.3) is 0 Å². The molecule has 0 aliphatic rings. The van der Waals surface area contributed by atoms with E-state index >= 15 is 0 Å². The van der Waals surface area contributed by atoms with Gasteiger partial charge in [-0.3, -0.25) is 4.72 Å². The Hall–Kier alpha value is -1.31. The molecule has 0 saturated heterocycles.